The molecule has 0 aromatic carbocycles. The molecule has 2 nitrogen and oxygen atoms in total. The number of unbranched alkanes of at least 4 members (excludes halogenated alkanes) is 1. The first-order valence-corrected chi connectivity index (χ1v) is 5.39. The van der Waals surface area contributed by atoms with Gasteiger partial charge < -0.3 is 10.0 Å². The Morgan fingerprint density at radius 3 is 2.23 bits per heavy atom. The second kappa shape index (κ2) is 6.39. The van der Waals surface area contributed by atoms with Crippen LogP contribution in [0.15, 0.2) is 0 Å². The first-order chi connectivity index (χ1) is 6.05. The molecule has 0 aromatic heterocycles. The highest BCUT2D eigenvalue weighted by atomic mass is 16.3. The minimum absolute atomic E-state index is 0.0454. The van der Waals surface area contributed by atoms with Gasteiger partial charge in [-0.2, -0.15) is 0 Å². The van der Waals surface area contributed by atoms with Crippen molar-refractivity contribution in [2.24, 2.45) is 5.41 Å². The number of hydrogen-bond acceptors (Lipinski definition) is 2. The third kappa shape index (κ3) is 6.05. The van der Waals surface area contributed by atoms with Crippen LogP contribution in [-0.4, -0.2) is 36.2 Å². The zero-order valence-corrected chi connectivity index (χ0v) is 9.64. The third-order valence-electron chi connectivity index (χ3n) is 2.35. The number of rotatable bonds is 7. The van der Waals surface area contributed by atoms with E-state index in [0.29, 0.717) is 0 Å². The number of aliphatic hydroxyl groups excluding tert-OH is 1. The largest absolute Gasteiger partial charge is 0.396 e. The van der Waals surface area contributed by atoms with Gasteiger partial charge in [0.25, 0.3) is 0 Å². The van der Waals surface area contributed by atoms with E-state index in [1.807, 2.05) is 0 Å². The Bertz CT molecular complexity index is 123. The molecule has 2 heteroatoms. The van der Waals surface area contributed by atoms with Gasteiger partial charge in [-0.05, 0) is 19.5 Å². The van der Waals surface area contributed by atoms with Crippen molar-refractivity contribution in [1.82, 2.24) is 4.90 Å². The fourth-order valence-electron chi connectivity index (χ4n) is 1.39. The van der Waals surface area contributed by atoms with Crippen LogP contribution in [-0.2, 0) is 0 Å². The van der Waals surface area contributed by atoms with Gasteiger partial charge in [-0.25, -0.2) is 0 Å². The van der Waals surface area contributed by atoms with E-state index in [-0.39, 0.29) is 12.0 Å². The van der Waals surface area contributed by atoms with Crippen molar-refractivity contribution in [3.05, 3.63) is 0 Å². The Balaban J connectivity index is 3.82. The van der Waals surface area contributed by atoms with Crippen molar-refractivity contribution < 1.29 is 5.11 Å². The lowest BCUT2D eigenvalue weighted by molar-refractivity contribution is 0.105. The van der Waals surface area contributed by atoms with Gasteiger partial charge in [0, 0.05) is 18.6 Å². The quantitative estimate of drug-likeness (QED) is 0.660. The van der Waals surface area contributed by atoms with E-state index >= 15 is 0 Å². The van der Waals surface area contributed by atoms with Gasteiger partial charge in [-0.1, -0.05) is 34.1 Å². The van der Waals surface area contributed by atoms with Gasteiger partial charge in [0.05, 0.1) is 0 Å². The van der Waals surface area contributed by atoms with Gasteiger partial charge in [0.1, 0.15) is 0 Å². The maximum Gasteiger partial charge on any atom is 0.0494 e. The molecule has 0 fully saturated rings. The molecular weight excluding hydrogens is 162 g/mol. The fourth-order valence-corrected chi connectivity index (χ4v) is 1.39. The Labute approximate surface area is 82.9 Å². The van der Waals surface area contributed by atoms with Gasteiger partial charge in [0.2, 0.25) is 0 Å². The van der Waals surface area contributed by atoms with Crippen LogP contribution in [0, 0.1) is 5.41 Å². The molecule has 0 aromatic rings. The lowest BCUT2D eigenvalue weighted by Crippen LogP contribution is -2.36. The predicted octanol–water partition coefficient (Wildman–Crippen LogP) is 2.13. The summed E-state index contributed by atoms with van der Waals surface area (Å²) in [4.78, 5) is 2.42. The lowest BCUT2D eigenvalue weighted by Gasteiger charge is -2.30. The van der Waals surface area contributed by atoms with E-state index in [4.69, 9.17) is 5.11 Å². The molecular formula is C11H25NO. The summed E-state index contributed by atoms with van der Waals surface area (Å²) in [5, 5.41) is 9.14. The van der Waals surface area contributed by atoms with E-state index < -0.39 is 0 Å². The van der Waals surface area contributed by atoms with Crippen molar-refractivity contribution in [3.8, 4) is 0 Å². The molecule has 80 valence electrons. The molecule has 0 heterocycles. The zero-order valence-electron chi connectivity index (χ0n) is 9.64. The van der Waals surface area contributed by atoms with Gasteiger partial charge in [0.15, 0.2) is 0 Å². The van der Waals surface area contributed by atoms with Crippen LogP contribution in [0.5, 0.6) is 0 Å². The average molecular weight is 187 g/mol. The summed E-state index contributed by atoms with van der Waals surface area (Å²) in [6.07, 6.45) is 2.51. The molecule has 13 heavy (non-hydrogen) atoms. The standard InChI is InChI=1S/C11H25NO/c1-5-7-8-12(6-2)9-11(3,4)10-13/h13H,5-10H2,1-4H3. The fraction of sp³-hybridized carbons (Fsp3) is 1.00. The molecule has 0 rings (SSSR count). The smallest absolute Gasteiger partial charge is 0.0494 e. The van der Waals surface area contributed by atoms with Gasteiger partial charge in [-0.3, -0.25) is 0 Å². The van der Waals surface area contributed by atoms with E-state index in [2.05, 4.69) is 32.6 Å². The summed E-state index contributed by atoms with van der Waals surface area (Å²) >= 11 is 0. The molecule has 0 saturated heterocycles. The molecule has 0 bridgehead atoms. The van der Waals surface area contributed by atoms with E-state index in [1.165, 1.54) is 12.8 Å². The first kappa shape index (κ1) is 12.9. The second-order valence-corrected chi connectivity index (χ2v) is 4.54. The maximum absolute atomic E-state index is 9.14. The molecule has 0 unspecified atom stereocenters. The molecule has 0 radical (unpaired) electrons. The summed E-state index contributed by atoms with van der Waals surface area (Å²) < 4.78 is 0. The Morgan fingerprint density at radius 2 is 1.85 bits per heavy atom. The van der Waals surface area contributed by atoms with Crippen molar-refractivity contribution in [2.45, 2.75) is 40.5 Å². The van der Waals surface area contributed by atoms with Crippen LogP contribution < -0.4 is 0 Å². The minimum Gasteiger partial charge on any atom is -0.396 e. The highest BCUT2D eigenvalue weighted by Crippen LogP contribution is 2.15. The van der Waals surface area contributed by atoms with Crippen molar-refractivity contribution in [3.63, 3.8) is 0 Å². The molecule has 0 aliphatic rings. The Kier molecular flexibility index (Phi) is 6.35. The highest BCUT2D eigenvalue weighted by molar-refractivity contribution is 4.72. The highest BCUT2D eigenvalue weighted by Gasteiger charge is 2.19. The van der Waals surface area contributed by atoms with E-state index in [9.17, 15) is 0 Å². The van der Waals surface area contributed by atoms with E-state index in [1.54, 1.807) is 0 Å². The molecule has 0 spiro atoms. The Morgan fingerprint density at radius 1 is 1.23 bits per heavy atom. The van der Waals surface area contributed by atoms with Crippen LogP contribution in [0.2, 0.25) is 0 Å². The van der Waals surface area contributed by atoms with Crippen molar-refractivity contribution in [1.29, 1.82) is 0 Å². The number of aliphatic hydroxyl groups is 1. The van der Waals surface area contributed by atoms with Crippen LogP contribution in [0.3, 0.4) is 0 Å². The summed E-state index contributed by atoms with van der Waals surface area (Å²) in [6, 6.07) is 0. The average Bonchev–Trinajstić information content (AvgIpc) is 2.12. The van der Waals surface area contributed by atoms with Crippen molar-refractivity contribution >= 4 is 0 Å². The van der Waals surface area contributed by atoms with Crippen LogP contribution in [0.4, 0.5) is 0 Å². The van der Waals surface area contributed by atoms with Gasteiger partial charge in [-0.15, -0.1) is 0 Å². The maximum atomic E-state index is 9.14. The number of hydrogen-bond donors (Lipinski definition) is 1. The predicted molar refractivity (Wildman–Crippen MR) is 57.9 cm³/mol. The molecule has 1 N–H and O–H groups in total. The summed E-state index contributed by atoms with van der Waals surface area (Å²) in [5.74, 6) is 0. The van der Waals surface area contributed by atoms with Crippen LogP contribution >= 0.6 is 0 Å². The van der Waals surface area contributed by atoms with E-state index in [0.717, 1.165) is 19.6 Å². The van der Waals surface area contributed by atoms with Crippen molar-refractivity contribution in [2.75, 3.05) is 26.2 Å². The molecule has 0 atom stereocenters. The number of nitrogens with zero attached hydrogens (tertiary/aromatic N) is 1. The third-order valence-corrected chi connectivity index (χ3v) is 2.35. The summed E-state index contributed by atoms with van der Waals surface area (Å²) in [7, 11) is 0. The monoisotopic (exact) mass is 187 g/mol. The second-order valence-electron chi connectivity index (χ2n) is 4.54. The molecule has 0 aliphatic heterocycles. The topological polar surface area (TPSA) is 23.5 Å². The zero-order chi connectivity index (χ0) is 10.3. The SMILES string of the molecule is CCCCN(CC)CC(C)(C)CO. The molecule has 0 amide bonds. The Hall–Kier alpha value is -0.0800. The normalized spacial score (nSPS) is 12.5. The lowest BCUT2D eigenvalue weighted by atomic mass is 9.94. The first-order valence-electron chi connectivity index (χ1n) is 5.39. The molecule has 0 aliphatic carbocycles. The van der Waals surface area contributed by atoms with Crippen LogP contribution in [0.1, 0.15) is 40.5 Å². The summed E-state index contributed by atoms with van der Waals surface area (Å²) in [5.41, 5.74) is 0.0454. The van der Waals surface area contributed by atoms with Crippen LogP contribution in [0.25, 0.3) is 0 Å². The van der Waals surface area contributed by atoms with Gasteiger partial charge >= 0.3 is 0 Å². The summed E-state index contributed by atoms with van der Waals surface area (Å²) in [6.45, 7) is 12.1. The minimum atomic E-state index is 0.0454. The molecule has 0 saturated carbocycles.